The number of rotatable bonds is 9. The molecule has 0 spiro atoms. The molecule has 0 saturated carbocycles. The van der Waals surface area contributed by atoms with Crippen LogP contribution in [-0.2, 0) is 21.1 Å². The van der Waals surface area contributed by atoms with Gasteiger partial charge in [-0.05, 0) is 43.1 Å². The summed E-state index contributed by atoms with van der Waals surface area (Å²) in [5.41, 5.74) is 1.61. The normalized spacial score (nSPS) is 17.0. The monoisotopic (exact) mass is 458 g/mol. The molecule has 1 aromatic carbocycles. The van der Waals surface area contributed by atoms with Crippen molar-refractivity contribution in [3.05, 3.63) is 54.0 Å². The van der Waals surface area contributed by atoms with Crippen LogP contribution in [0, 0.1) is 0 Å². The van der Waals surface area contributed by atoms with E-state index in [1.807, 2.05) is 12.1 Å². The molecule has 1 fully saturated rings. The van der Waals surface area contributed by atoms with Gasteiger partial charge < -0.3 is 14.0 Å². The molecule has 1 aliphatic rings. The minimum atomic E-state index is -3.20. The number of ether oxygens (including phenoxy) is 2. The van der Waals surface area contributed by atoms with E-state index in [4.69, 9.17) is 14.0 Å². The number of likely N-dealkylation sites (tertiary alicyclic amines) is 1. The van der Waals surface area contributed by atoms with Crippen molar-refractivity contribution in [3.8, 4) is 17.3 Å². The highest BCUT2D eigenvalue weighted by molar-refractivity contribution is 7.90. The van der Waals surface area contributed by atoms with Crippen LogP contribution in [-0.4, -0.2) is 61.6 Å². The number of methoxy groups -OCH3 is 1. The Morgan fingerprint density at radius 3 is 2.75 bits per heavy atom. The number of nitrogens with zero attached hydrogens (tertiary/aromatic N) is 4. The number of sulfone groups is 1. The summed E-state index contributed by atoms with van der Waals surface area (Å²) < 4.78 is 39.6. The molecule has 1 atom stereocenters. The summed E-state index contributed by atoms with van der Waals surface area (Å²) in [6.45, 7) is 2.52. The predicted octanol–water partition coefficient (Wildman–Crippen LogP) is 2.90. The average Bonchev–Trinajstić information content (AvgIpc) is 3.43. The Kier molecular flexibility index (Phi) is 6.83. The fourth-order valence-corrected chi connectivity index (χ4v) is 4.34. The van der Waals surface area contributed by atoms with E-state index < -0.39 is 9.84 Å². The predicted molar refractivity (Wildman–Crippen MR) is 117 cm³/mol. The van der Waals surface area contributed by atoms with Gasteiger partial charge in [0.1, 0.15) is 18.1 Å². The minimum Gasteiger partial charge on any atom is -0.491 e. The molecular weight excluding hydrogens is 432 g/mol. The van der Waals surface area contributed by atoms with Crippen molar-refractivity contribution in [3.63, 3.8) is 0 Å². The van der Waals surface area contributed by atoms with Crippen LogP contribution in [0.2, 0.25) is 0 Å². The van der Waals surface area contributed by atoms with Crippen LogP contribution in [0.1, 0.15) is 30.3 Å². The molecule has 1 saturated heterocycles. The van der Waals surface area contributed by atoms with Crippen LogP contribution in [0.25, 0.3) is 11.5 Å². The van der Waals surface area contributed by atoms with Crippen LogP contribution in [0.5, 0.6) is 5.75 Å². The maximum absolute atomic E-state index is 11.7. The van der Waals surface area contributed by atoms with Crippen molar-refractivity contribution >= 4 is 9.84 Å². The Hall–Kier alpha value is -2.82. The van der Waals surface area contributed by atoms with Crippen LogP contribution >= 0.6 is 0 Å². The number of pyridine rings is 1. The zero-order chi connectivity index (χ0) is 22.6. The zero-order valence-electron chi connectivity index (χ0n) is 18.1. The topological polar surface area (TPSA) is 108 Å². The van der Waals surface area contributed by atoms with Gasteiger partial charge in [0.25, 0.3) is 0 Å². The number of hydrogen-bond donors (Lipinski definition) is 0. The van der Waals surface area contributed by atoms with E-state index >= 15 is 0 Å². The van der Waals surface area contributed by atoms with E-state index in [1.54, 1.807) is 37.6 Å². The van der Waals surface area contributed by atoms with E-state index in [0.29, 0.717) is 47.8 Å². The lowest BCUT2D eigenvalue weighted by atomic mass is 10.2. The lowest BCUT2D eigenvalue weighted by molar-refractivity contribution is 0.146. The fraction of sp³-hybridized carbons (Fsp3) is 0.409. The molecule has 3 heterocycles. The molecule has 1 aliphatic heterocycles. The van der Waals surface area contributed by atoms with Crippen LogP contribution < -0.4 is 4.74 Å². The molecule has 0 aliphatic carbocycles. The van der Waals surface area contributed by atoms with Crippen molar-refractivity contribution in [2.24, 2.45) is 0 Å². The summed E-state index contributed by atoms with van der Waals surface area (Å²) >= 11 is 0. The second-order valence-electron chi connectivity index (χ2n) is 7.72. The molecular formula is C22H26N4O5S. The first kappa shape index (κ1) is 22.4. The molecule has 0 N–H and O–H groups in total. The summed E-state index contributed by atoms with van der Waals surface area (Å²) in [5.74, 6) is 1.64. The van der Waals surface area contributed by atoms with Crippen LogP contribution in [0.4, 0.5) is 0 Å². The lowest BCUT2D eigenvalue weighted by Gasteiger charge is -2.21. The van der Waals surface area contributed by atoms with E-state index in [2.05, 4.69) is 20.0 Å². The second kappa shape index (κ2) is 9.76. The van der Waals surface area contributed by atoms with E-state index in [1.165, 1.54) is 6.26 Å². The smallest absolute Gasteiger partial charge is 0.244 e. The third-order valence-corrected chi connectivity index (χ3v) is 6.47. The Bertz CT molecular complexity index is 1150. The Balaban J connectivity index is 1.46. The minimum absolute atomic E-state index is 0.00645. The van der Waals surface area contributed by atoms with Gasteiger partial charge in [0.15, 0.2) is 9.84 Å². The average molecular weight is 459 g/mol. The molecule has 0 amide bonds. The maximum Gasteiger partial charge on any atom is 0.244 e. The number of hydrogen-bond acceptors (Lipinski definition) is 9. The largest absolute Gasteiger partial charge is 0.491 e. The summed E-state index contributed by atoms with van der Waals surface area (Å²) in [4.78, 5) is 11.5. The molecule has 3 aromatic rings. The molecule has 4 rings (SSSR count). The van der Waals surface area contributed by atoms with Crippen LogP contribution in [0.15, 0.2) is 52.0 Å². The van der Waals surface area contributed by atoms with Crippen LogP contribution in [0.3, 0.4) is 0 Å². The van der Waals surface area contributed by atoms with Gasteiger partial charge in [0.05, 0.1) is 17.5 Å². The molecule has 10 heteroatoms. The maximum atomic E-state index is 11.7. The van der Waals surface area contributed by atoms with Crippen molar-refractivity contribution < 1.29 is 22.4 Å². The Morgan fingerprint density at radius 2 is 2.00 bits per heavy atom. The SMILES string of the molecule is COCCOc1ccnc(-c2noc(C3CCCN3Cc3ccc(S(C)(=O)=O)cc3)n2)c1. The molecule has 1 unspecified atom stereocenters. The number of benzene rings is 1. The van der Waals surface area contributed by atoms with Crippen molar-refractivity contribution in [2.45, 2.75) is 30.3 Å². The van der Waals surface area contributed by atoms with E-state index in [-0.39, 0.29) is 6.04 Å². The molecule has 9 nitrogen and oxygen atoms in total. The first-order chi connectivity index (χ1) is 15.4. The summed E-state index contributed by atoms with van der Waals surface area (Å²) in [6.07, 6.45) is 4.79. The van der Waals surface area contributed by atoms with Gasteiger partial charge in [-0.3, -0.25) is 9.88 Å². The van der Waals surface area contributed by atoms with Gasteiger partial charge in [-0.1, -0.05) is 17.3 Å². The van der Waals surface area contributed by atoms with Gasteiger partial charge >= 0.3 is 0 Å². The first-order valence-corrected chi connectivity index (χ1v) is 12.3. The van der Waals surface area contributed by atoms with E-state index in [9.17, 15) is 8.42 Å². The number of aromatic nitrogens is 3. The highest BCUT2D eigenvalue weighted by atomic mass is 32.2. The van der Waals surface area contributed by atoms with Crippen molar-refractivity contribution in [1.82, 2.24) is 20.0 Å². The molecule has 0 radical (unpaired) electrons. The van der Waals surface area contributed by atoms with Crippen molar-refractivity contribution in [2.75, 3.05) is 33.1 Å². The van der Waals surface area contributed by atoms with Gasteiger partial charge in [-0.15, -0.1) is 0 Å². The van der Waals surface area contributed by atoms with Gasteiger partial charge in [-0.2, -0.15) is 4.98 Å². The Labute approximate surface area is 187 Å². The summed E-state index contributed by atoms with van der Waals surface area (Å²) in [6, 6.07) is 10.6. The lowest BCUT2D eigenvalue weighted by Crippen LogP contribution is -2.23. The molecule has 0 bridgehead atoms. The fourth-order valence-electron chi connectivity index (χ4n) is 3.71. The highest BCUT2D eigenvalue weighted by Crippen LogP contribution is 2.33. The van der Waals surface area contributed by atoms with E-state index in [0.717, 1.165) is 24.9 Å². The van der Waals surface area contributed by atoms with Gasteiger partial charge in [0.2, 0.25) is 11.7 Å². The summed E-state index contributed by atoms with van der Waals surface area (Å²) in [7, 11) is -1.58. The quantitative estimate of drug-likeness (QED) is 0.447. The molecule has 32 heavy (non-hydrogen) atoms. The first-order valence-electron chi connectivity index (χ1n) is 10.4. The summed E-state index contributed by atoms with van der Waals surface area (Å²) in [5, 5.41) is 4.13. The zero-order valence-corrected chi connectivity index (χ0v) is 18.9. The third-order valence-electron chi connectivity index (χ3n) is 5.34. The molecule has 170 valence electrons. The molecule has 2 aromatic heterocycles. The highest BCUT2D eigenvalue weighted by Gasteiger charge is 2.31. The van der Waals surface area contributed by atoms with Gasteiger partial charge in [0, 0.05) is 32.2 Å². The third kappa shape index (κ3) is 5.32. The van der Waals surface area contributed by atoms with Crippen molar-refractivity contribution in [1.29, 1.82) is 0 Å². The Morgan fingerprint density at radius 1 is 1.19 bits per heavy atom. The second-order valence-corrected chi connectivity index (χ2v) is 9.73. The standard InChI is InChI=1S/C22H26N4O5S/c1-29-12-13-30-17-9-10-23-19(14-17)21-24-22(31-25-21)20-4-3-11-26(20)15-16-5-7-18(8-6-16)32(2,27)28/h5-10,14,20H,3-4,11-13,15H2,1-2H3. The van der Waals surface area contributed by atoms with Gasteiger partial charge in [-0.25, -0.2) is 8.42 Å².